The summed E-state index contributed by atoms with van der Waals surface area (Å²) in [6, 6.07) is 0.0659. The molecule has 0 spiro atoms. The minimum atomic E-state index is -4.14. The van der Waals surface area contributed by atoms with E-state index in [2.05, 4.69) is 0 Å². The second kappa shape index (κ2) is 5.84. The van der Waals surface area contributed by atoms with Crippen molar-refractivity contribution in [1.82, 2.24) is 4.90 Å². The molecule has 0 aliphatic heterocycles. The normalized spacial score (nSPS) is 19.1. The number of ether oxygens (including phenoxy) is 1. The summed E-state index contributed by atoms with van der Waals surface area (Å²) in [6.45, 7) is 1.96. The Bertz CT molecular complexity index is 207. The number of alkyl halides is 3. The Hall–Kier alpha value is -0.330. The van der Waals surface area contributed by atoms with Crippen molar-refractivity contribution in [2.75, 3.05) is 26.2 Å². The largest absolute Gasteiger partial charge is 0.401 e. The molecule has 0 amide bonds. The predicted octanol–water partition coefficient (Wildman–Crippen LogP) is 1.38. The Kier molecular flexibility index (Phi) is 5.01. The van der Waals surface area contributed by atoms with Crippen LogP contribution in [0.3, 0.4) is 0 Å². The summed E-state index contributed by atoms with van der Waals surface area (Å²) in [5.41, 5.74) is 5.46. The number of hydrogen-bond donors (Lipinski definition) is 1. The summed E-state index contributed by atoms with van der Waals surface area (Å²) in [7, 11) is 0. The number of nitrogens with zero attached hydrogens (tertiary/aromatic N) is 1. The molecule has 1 aliphatic rings. The molecule has 0 aromatic rings. The third kappa shape index (κ3) is 5.14. The van der Waals surface area contributed by atoms with Crippen LogP contribution in [0.4, 0.5) is 13.2 Å². The van der Waals surface area contributed by atoms with E-state index in [-0.39, 0.29) is 25.2 Å². The zero-order chi connectivity index (χ0) is 12.2. The third-order valence-electron chi connectivity index (χ3n) is 2.55. The summed E-state index contributed by atoms with van der Waals surface area (Å²) >= 11 is 0. The monoisotopic (exact) mass is 240 g/mol. The van der Waals surface area contributed by atoms with Crippen LogP contribution in [-0.2, 0) is 4.74 Å². The molecule has 16 heavy (non-hydrogen) atoms. The van der Waals surface area contributed by atoms with E-state index in [0.717, 1.165) is 12.8 Å². The maximum absolute atomic E-state index is 12.3. The Morgan fingerprint density at radius 2 is 2.06 bits per heavy atom. The first-order chi connectivity index (χ1) is 7.46. The summed E-state index contributed by atoms with van der Waals surface area (Å²) in [6.07, 6.45) is -2.75. The second-order valence-electron chi connectivity index (χ2n) is 4.09. The average Bonchev–Trinajstić information content (AvgIpc) is 2.96. The van der Waals surface area contributed by atoms with Crippen molar-refractivity contribution >= 4 is 0 Å². The van der Waals surface area contributed by atoms with Gasteiger partial charge in [0.05, 0.1) is 12.6 Å². The van der Waals surface area contributed by atoms with E-state index in [0.29, 0.717) is 6.61 Å². The minimum absolute atomic E-state index is 0.0659. The van der Waals surface area contributed by atoms with Crippen molar-refractivity contribution in [3.05, 3.63) is 0 Å². The van der Waals surface area contributed by atoms with Gasteiger partial charge in [-0.2, -0.15) is 13.2 Å². The van der Waals surface area contributed by atoms with Gasteiger partial charge >= 0.3 is 6.18 Å². The van der Waals surface area contributed by atoms with Crippen LogP contribution in [-0.4, -0.2) is 49.5 Å². The lowest BCUT2D eigenvalue weighted by Gasteiger charge is -2.27. The Labute approximate surface area is 93.7 Å². The molecular weight excluding hydrogens is 221 g/mol. The van der Waals surface area contributed by atoms with Gasteiger partial charge < -0.3 is 10.5 Å². The van der Waals surface area contributed by atoms with Crippen LogP contribution < -0.4 is 5.73 Å². The average molecular weight is 240 g/mol. The van der Waals surface area contributed by atoms with E-state index in [9.17, 15) is 13.2 Å². The summed E-state index contributed by atoms with van der Waals surface area (Å²) < 4.78 is 42.2. The quantitative estimate of drug-likeness (QED) is 0.730. The van der Waals surface area contributed by atoms with Gasteiger partial charge in [0.15, 0.2) is 0 Å². The highest BCUT2D eigenvalue weighted by Crippen LogP contribution is 2.30. The van der Waals surface area contributed by atoms with Crippen LogP contribution in [0.2, 0.25) is 0 Å². The molecular formula is C10H19F3N2O. The molecule has 0 saturated heterocycles. The Balaban J connectivity index is 2.43. The predicted molar refractivity (Wildman–Crippen MR) is 55.1 cm³/mol. The number of hydrogen-bond acceptors (Lipinski definition) is 3. The lowest BCUT2D eigenvalue weighted by atomic mass is 10.3. The molecule has 0 radical (unpaired) electrons. The number of halogens is 3. The Morgan fingerprint density at radius 3 is 2.44 bits per heavy atom. The fourth-order valence-corrected chi connectivity index (χ4v) is 1.71. The van der Waals surface area contributed by atoms with Crippen LogP contribution >= 0.6 is 0 Å². The van der Waals surface area contributed by atoms with Gasteiger partial charge in [-0.15, -0.1) is 0 Å². The van der Waals surface area contributed by atoms with Crippen LogP contribution in [0.25, 0.3) is 0 Å². The van der Waals surface area contributed by atoms with Crippen LogP contribution in [0.1, 0.15) is 19.8 Å². The Morgan fingerprint density at radius 1 is 1.44 bits per heavy atom. The van der Waals surface area contributed by atoms with Gasteiger partial charge in [0.1, 0.15) is 0 Å². The fraction of sp³-hybridized carbons (Fsp3) is 1.00. The zero-order valence-electron chi connectivity index (χ0n) is 9.46. The molecule has 1 aliphatic carbocycles. The summed E-state index contributed by atoms with van der Waals surface area (Å²) in [4.78, 5) is 1.44. The standard InChI is InChI=1S/C10H19F3N2O/c1-2-16-9(5-14)6-15(8-3-4-8)7-10(11,12)13/h8-9H,2-7,14H2,1H3. The molecule has 0 aromatic heterocycles. The molecule has 1 fully saturated rings. The lowest BCUT2D eigenvalue weighted by molar-refractivity contribution is -0.150. The zero-order valence-corrected chi connectivity index (χ0v) is 9.46. The number of rotatable bonds is 7. The molecule has 0 aromatic carbocycles. The molecule has 1 unspecified atom stereocenters. The fourth-order valence-electron chi connectivity index (χ4n) is 1.71. The molecule has 6 heteroatoms. The van der Waals surface area contributed by atoms with Crippen molar-refractivity contribution in [3.63, 3.8) is 0 Å². The summed E-state index contributed by atoms with van der Waals surface area (Å²) in [5, 5.41) is 0. The van der Waals surface area contributed by atoms with Crippen LogP contribution in [0, 0.1) is 0 Å². The van der Waals surface area contributed by atoms with Gasteiger partial charge in [0, 0.05) is 25.7 Å². The van der Waals surface area contributed by atoms with Crippen molar-refractivity contribution in [3.8, 4) is 0 Å². The SMILES string of the molecule is CCOC(CN)CN(CC(F)(F)F)C1CC1. The molecule has 1 rings (SSSR count). The van der Waals surface area contributed by atoms with E-state index in [1.807, 2.05) is 6.92 Å². The van der Waals surface area contributed by atoms with E-state index in [4.69, 9.17) is 10.5 Å². The smallest absolute Gasteiger partial charge is 0.376 e. The molecule has 0 bridgehead atoms. The molecule has 1 atom stereocenters. The third-order valence-corrected chi connectivity index (χ3v) is 2.55. The second-order valence-corrected chi connectivity index (χ2v) is 4.09. The van der Waals surface area contributed by atoms with E-state index < -0.39 is 12.7 Å². The van der Waals surface area contributed by atoms with Crippen molar-refractivity contribution in [2.24, 2.45) is 5.73 Å². The maximum atomic E-state index is 12.3. The van der Waals surface area contributed by atoms with Gasteiger partial charge in [0.2, 0.25) is 0 Å². The van der Waals surface area contributed by atoms with Crippen molar-refractivity contribution < 1.29 is 17.9 Å². The van der Waals surface area contributed by atoms with E-state index >= 15 is 0 Å². The van der Waals surface area contributed by atoms with Gasteiger partial charge in [-0.25, -0.2) is 0 Å². The van der Waals surface area contributed by atoms with Gasteiger partial charge in [-0.05, 0) is 19.8 Å². The first kappa shape index (κ1) is 13.7. The topological polar surface area (TPSA) is 38.5 Å². The van der Waals surface area contributed by atoms with Crippen LogP contribution in [0.5, 0.6) is 0 Å². The molecule has 1 saturated carbocycles. The van der Waals surface area contributed by atoms with Gasteiger partial charge in [0.25, 0.3) is 0 Å². The highest BCUT2D eigenvalue weighted by atomic mass is 19.4. The molecule has 3 nitrogen and oxygen atoms in total. The minimum Gasteiger partial charge on any atom is -0.376 e. The highest BCUT2D eigenvalue weighted by molar-refractivity contribution is 4.87. The lowest BCUT2D eigenvalue weighted by Crippen LogP contribution is -2.43. The van der Waals surface area contributed by atoms with Crippen molar-refractivity contribution in [2.45, 2.75) is 38.1 Å². The molecule has 0 heterocycles. The molecule has 96 valence electrons. The summed E-state index contributed by atoms with van der Waals surface area (Å²) in [5.74, 6) is 0. The van der Waals surface area contributed by atoms with Gasteiger partial charge in [-0.3, -0.25) is 4.90 Å². The van der Waals surface area contributed by atoms with E-state index in [1.54, 1.807) is 0 Å². The first-order valence-electron chi connectivity index (χ1n) is 5.58. The maximum Gasteiger partial charge on any atom is 0.401 e. The number of nitrogens with two attached hydrogens (primary N) is 1. The van der Waals surface area contributed by atoms with Crippen molar-refractivity contribution in [1.29, 1.82) is 0 Å². The highest BCUT2D eigenvalue weighted by Gasteiger charge is 2.38. The van der Waals surface area contributed by atoms with E-state index in [1.165, 1.54) is 4.90 Å². The molecule has 2 N–H and O–H groups in total. The van der Waals surface area contributed by atoms with Crippen LogP contribution in [0.15, 0.2) is 0 Å². The van der Waals surface area contributed by atoms with Gasteiger partial charge in [-0.1, -0.05) is 0 Å². The first-order valence-corrected chi connectivity index (χ1v) is 5.58.